The van der Waals surface area contributed by atoms with Crippen LogP contribution in [0.25, 0.3) is 0 Å². The smallest absolute Gasteiger partial charge is 0.00108 e. The summed E-state index contributed by atoms with van der Waals surface area (Å²) < 4.78 is 0. The molecule has 0 bridgehead atoms. The van der Waals surface area contributed by atoms with E-state index in [1.54, 1.807) is 11.1 Å². The molecule has 0 spiro atoms. The molecule has 0 nitrogen and oxygen atoms in total. The molecule has 0 unspecified atom stereocenters. The van der Waals surface area contributed by atoms with Gasteiger partial charge in [0.2, 0.25) is 0 Å². The summed E-state index contributed by atoms with van der Waals surface area (Å²) >= 11 is 0. The summed E-state index contributed by atoms with van der Waals surface area (Å²) in [6.07, 6.45) is 13.2. The van der Waals surface area contributed by atoms with Gasteiger partial charge in [0.15, 0.2) is 0 Å². The minimum absolute atomic E-state index is 0.224. The zero-order valence-corrected chi connectivity index (χ0v) is 10.4. The second kappa shape index (κ2) is 3.37. The molecule has 15 heavy (non-hydrogen) atoms. The summed E-state index contributed by atoms with van der Waals surface area (Å²) in [6, 6.07) is 0. The van der Waals surface area contributed by atoms with Crippen LogP contribution in [0.15, 0.2) is 35.5 Å². The van der Waals surface area contributed by atoms with E-state index in [1.807, 2.05) is 0 Å². The second-order valence-electron chi connectivity index (χ2n) is 6.38. The lowest BCUT2D eigenvalue weighted by atomic mass is 9.74. The van der Waals surface area contributed by atoms with Gasteiger partial charge in [0.25, 0.3) is 0 Å². The van der Waals surface area contributed by atoms with Crippen molar-refractivity contribution in [2.45, 2.75) is 47.0 Å². The average molecular weight is 202 g/mol. The monoisotopic (exact) mass is 202 g/mol. The molecule has 0 heterocycles. The standard InChI is InChI=1S/C15H22/c1-14(2)8-5-12-6-10-15(3,4)11-13(12)7-9-14/h5,7-9H,6,10-11H2,1-4H3. The van der Waals surface area contributed by atoms with Crippen LogP contribution in [-0.2, 0) is 0 Å². The molecule has 82 valence electrons. The number of rotatable bonds is 0. The molecular weight excluding hydrogens is 180 g/mol. The Morgan fingerprint density at radius 2 is 1.53 bits per heavy atom. The van der Waals surface area contributed by atoms with Crippen molar-refractivity contribution in [3.05, 3.63) is 35.5 Å². The lowest BCUT2D eigenvalue weighted by molar-refractivity contribution is 0.319. The van der Waals surface area contributed by atoms with Gasteiger partial charge in [-0.3, -0.25) is 0 Å². The minimum atomic E-state index is 0.224. The van der Waals surface area contributed by atoms with Crippen molar-refractivity contribution in [2.75, 3.05) is 0 Å². The largest absolute Gasteiger partial charge is 0.0748 e. The molecule has 0 aromatic rings. The fourth-order valence-electron chi connectivity index (χ4n) is 2.39. The van der Waals surface area contributed by atoms with Crippen molar-refractivity contribution in [3.8, 4) is 0 Å². The molecule has 0 aromatic heterocycles. The van der Waals surface area contributed by atoms with E-state index in [0.717, 1.165) is 0 Å². The highest BCUT2D eigenvalue weighted by Crippen LogP contribution is 2.41. The zero-order valence-electron chi connectivity index (χ0n) is 10.4. The highest BCUT2D eigenvalue weighted by Gasteiger charge is 2.26. The normalized spacial score (nSPS) is 27.5. The predicted molar refractivity (Wildman–Crippen MR) is 66.7 cm³/mol. The highest BCUT2D eigenvalue weighted by molar-refractivity contribution is 5.40. The van der Waals surface area contributed by atoms with Crippen LogP contribution in [0.5, 0.6) is 0 Å². The topological polar surface area (TPSA) is 0 Å². The van der Waals surface area contributed by atoms with Crippen LogP contribution in [0.1, 0.15) is 47.0 Å². The van der Waals surface area contributed by atoms with E-state index in [4.69, 9.17) is 0 Å². The summed E-state index contributed by atoms with van der Waals surface area (Å²) in [5, 5.41) is 0. The number of allylic oxidation sites excluding steroid dienone is 6. The summed E-state index contributed by atoms with van der Waals surface area (Å²) in [5.74, 6) is 0. The van der Waals surface area contributed by atoms with E-state index in [2.05, 4.69) is 52.0 Å². The van der Waals surface area contributed by atoms with Gasteiger partial charge in [-0.25, -0.2) is 0 Å². The van der Waals surface area contributed by atoms with Crippen molar-refractivity contribution < 1.29 is 0 Å². The van der Waals surface area contributed by atoms with Crippen LogP contribution >= 0.6 is 0 Å². The quantitative estimate of drug-likeness (QED) is 0.536. The highest BCUT2D eigenvalue weighted by atomic mass is 14.3. The Labute approximate surface area is 93.8 Å². The summed E-state index contributed by atoms with van der Waals surface area (Å²) in [7, 11) is 0. The van der Waals surface area contributed by atoms with Crippen molar-refractivity contribution in [2.24, 2.45) is 10.8 Å². The van der Waals surface area contributed by atoms with Crippen LogP contribution in [-0.4, -0.2) is 0 Å². The Morgan fingerprint density at radius 3 is 2.20 bits per heavy atom. The van der Waals surface area contributed by atoms with Crippen LogP contribution < -0.4 is 0 Å². The summed E-state index contributed by atoms with van der Waals surface area (Å²) in [6.45, 7) is 9.29. The summed E-state index contributed by atoms with van der Waals surface area (Å²) in [4.78, 5) is 0. The predicted octanol–water partition coefficient (Wildman–Crippen LogP) is 4.65. The maximum atomic E-state index is 2.38. The molecule has 2 rings (SSSR count). The maximum Gasteiger partial charge on any atom is 0.00108 e. The van der Waals surface area contributed by atoms with Gasteiger partial charge in [0, 0.05) is 5.41 Å². The SMILES string of the molecule is CC1(C)C=CC2=C(C=C1)CC(C)(C)CC2. The van der Waals surface area contributed by atoms with Crippen LogP contribution in [0.3, 0.4) is 0 Å². The first-order valence-electron chi connectivity index (χ1n) is 5.99. The third-order valence-electron chi connectivity index (χ3n) is 3.58. The number of hydrogen-bond donors (Lipinski definition) is 0. The van der Waals surface area contributed by atoms with Crippen molar-refractivity contribution in [1.29, 1.82) is 0 Å². The molecule has 0 saturated heterocycles. The van der Waals surface area contributed by atoms with E-state index in [-0.39, 0.29) is 5.41 Å². The van der Waals surface area contributed by atoms with Gasteiger partial charge >= 0.3 is 0 Å². The molecule has 0 saturated carbocycles. The van der Waals surface area contributed by atoms with E-state index in [9.17, 15) is 0 Å². The van der Waals surface area contributed by atoms with E-state index < -0.39 is 0 Å². The molecule has 2 aliphatic carbocycles. The zero-order chi connectivity index (χ0) is 11.1. The minimum Gasteiger partial charge on any atom is -0.0748 e. The Kier molecular flexibility index (Phi) is 2.41. The lowest BCUT2D eigenvalue weighted by Gasteiger charge is -2.31. The van der Waals surface area contributed by atoms with Gasteiger partial charge in [-0.2, -0.15) is 0 Å². The fraction of sp³-hybridized carbons (Fsp3) is 0.600. The first kappa shape index (κ1) is 10.7. The van der Waals surface area contributed by atoms with Crippen molar-refractivity contribution >= 4 is 0 Å². The van der Waals surface area contributed by atoms with Gasteiger partial charge in [-0.1, -0.05) is 52.0 Å². The van der Waals surface area contributed by atoms with Gasteiger partial charge < -0.3 is 0 Å². The third-order valence-corrected chi connectivity index (χ3v) is 3.58. The maximum absolute atomic E-state index is 2.38. The molecule has 0 heteroatoms. The molecule has 0 aliphatic heterocycles. The van der Waals surface area contributed by atoms with Gasteiger partial charge in [0.05, 0.1) is 0 Å². The molecule has 0 fully saturated rings. The molecule has 0 aromatic carbocycles. The van der Waals surface area contributed by atoms with Crippen LogP contribution in [0.4, 0.5) is 0 Å². The van der Waals surface area contributed by atoms with Gasteiger partial charge in [-0.15, -0.1) is 0 Å². The summed E-state index contributed by atoms with van der Waals surface area (Å²) in [5.41, 5.74) is 3.84. The van der Waals surface area contributed by atoms with E-state index in [1.165, 1.54) is 19.3 Å². The lowest BCUT2D eigenvalue weighted by Crippen LogP contribution is -2.17. The Hall–Kier alpha value is -0.780. The molecule has 0 radical (unpaired) electrons. The van der Waals surface area contributed by atoms with Crippen molar-refractivity contribution in [1.82, 2.24) is 0 Å². The molecule has 0 atom stereocenters. The second-order valence-corrected chi connectivity index (χ2v) is 6.38. The molecular formula is C15H22. The van der Waals surface area contributed by atoms with Gasteiger partial charge in [-0.05, 0) is 35.8 Å². The van der Waals surface area contributed by atoms with E-state index in [0.29, 0.717) is 5.41 Å². The Balaban J connectivity index is 2.32. The van der Waals surface area contributed by atoms with Crippen molar-refractivity contribution in [3.63, 3.8) is 0 Å². The van der Waals surface area contributed by atoms with Crippen LogP contribution in [0.2, 0.25) is 0 Å². The van der Waals surface area contributed by atoms with E-state index >= 15 is 0 Å². The molecule has 0 N–H and O–H groups in total. The first-order valence-corrected chi connectivity index (χ1v) is 5.99. The van der Waals surface area contributed by atoms with Crippen LogP contribution in [0, 0.1) is 10.8 Å². The molecule has 2 aliphatic rings. The third kappa shape index (κ3) is 2.42. The van der Waals surface area contributed by atoms with Gasteiger partial charge in [0.1, 0.15) is 0 Å². The molecule has 0 amide bonds. The number of hydrogen-bond acceptors (Lipinski definition) is 0. The fourth-order valence-corrected chi connectivity index (χ4v) is 2.39. The Bertz CT molecular complexity index is 348. The Morgan fingerprint density at radius 1 is 0.933 bits per heavy atom. The first-order chi connectivity index (χ1) is 6.88. The average Bonchev–Trinajstić information content (AvgIpc) is 2.25.